The maximum atomic E-state index is 13.3. The molecule has 0 aliphatic carbocycles. The summed E-state index contributed by atoms with van der Waals surface area (Å²) >= 11 is 1.61. The van der Waals surface area contributed by atoms with Crippen LogP contribution in [0.1, 0.15) is 36.0 Å². The summed E-state index contributed by atoms with van der Waals surface area (Å²) in [4.78, 5) is 8.68. The number of guanidine groups is 1. The lowest BCUT2D eigenvalue weighted by molar-refractivity contribution is 0.431. The molecule has 7 heteroatoms. The lowest BCUT2D eigenvalue weighted by atomic mass is 10.2. The Bertz CT molecular complexity index is 684. The SMILES string of the molecule is CN=C(NCc1ccc(O)c(F)c1)NCc1nc(C(C)C)cs1. The van der Waals surface area contributed by atoms with E-state index < -0.39 is 5.82 Å². The van der Waals surface area contributed by atoms with Crippen molar-refractivity contribution >= 4 is 17.3 Å². The lowest BCUT2D eigenvalue weighted by Gasteiger charge is -2.11. The fourth-order valence-corrected chi connectivity index (χ4v) is 2.79. The molecule has 0 aliphatic rings. The van der Waals surface area contributed by atoms with Crippen LogP contribution >= 0.6 is 11.3 Å². The van der Waals surface area contributed by atoms with Gasteiger partial charge in [-0.1, -0.05) is 19.9 Å². The van der Waals surface area contributed by atoms with Crippen molar-refractivity contribution in [3.63, 3.8) is 0 Å². The monoisotopic (exact) mass is 336 g/mol. The zero-order valence-electron chi connectivity index (χ0n) is 13.4. The smallest absolute Gasteiger partial charge is 0.191 e. The van der Waals surface area contributed by atoms with Gasteiger partial charge in [0.15, 0.2) is 17.5 Å². The number of phenolic OH excluding ortho intramolecular Hbond substituents is 1. The number of halogens is 1. The second-order valence-electron chi connectivity index (χ2n) is 5.39. The van der Waals surface area contributed by atoms with E-state index in [1.807, 2.05) is 0 Å². The van der Waals surface area contributed by atoms with Gasteiger partial charge < -0.3 is 15.7 Å². The van der Waals surface area contributed by atoms with Crippen LogP contribution in [0.2, 0.25) is 0 Å². The summed E-state index contributed by atoms with van der Waals surface area (Å²) in [6, 6.07) is 4.30. The third-order valence-electron chi connectivity index (χ3n) is 3.26. The van der Waals surface area contributed by atoms with E-state index in [1.54, 1.807) is 24.5 Å². The third kappa shape index (κ3) is 4.92. The van der Waals surface area contributed by atoms with E-state index in [9.17, 15) is 9.50 Å². The molecule has 1 aromatic heterocycles. The topological polar surface area (TPSA) is 69.5 Å². The van der Waals surface area contributed by atoms with Gasteiger partial charge in [0.25, 0.3) is 0 Å². The second-order valence-corrected chi connectivity index (χ2v) is 6.33. The fraction of sp³-hybridized carbons (Fsp3) is 0.375. The van der Waals surface area contributed by atoms with Crippen LogP contribution in [0.4, 0.5) is 4.39 Å². The van der Waals surface area contributed by atoms with Gasteiger partial charge in [0, 0.05) is 19.0 Å². The molecule has 0 fully saturated rings. The van der Waals surface area contributed by atoms with Crippen LogP contribution in [0.15, 0.2) is 28.6 Å². The highest BCUT2D eigenvalue weighted by Gasteiger charge is 2.07. The molecular weight excluding hydrogens is 315 g/mol. The van der Waals surface area contributed by atoms with Crippen LogP contribution in [0.3, 0.4) is 0 Å². The lowest BCUT2D eigenvalue weighted by Crippen LogP contribution is -2.36. The molecular formula is C16H21FN4OS. The van der Waals surface area contributed by atoms with Gasteiger partial charge in [0.05, 0.1) is 12.2 Å². The normalized spacial score (nSPS) is 11.8. The Balaban J connectivity index is 1.86. The first-order valence-electron chi connectivity index (χ1n) is 7.35. The number of benzene rings is 1. The molecule has 5 nitrogen and oxygen atoms in total. The highest BCUT2D eigenvalue weighted by Crippen LogP contribution is 2.17. The second kappa shape index (κ2) is 7.92. The van der Waals surface area contributed by atoms with Gasteiger partial charge in [-0.05, 0) is 23.6 Å². The van der Waals surface area contributed by atoms with Gasteiger partial charge in [-0.3, -0.25) is 4.99 Å². The number of aromatic hydroxyl groups is 1. The molecule has 124 valence electrons. The standard InChI is InChI=1S/C16H21FN4OS/c1-10(2)13-9-23-15(21-13)8-20-16(18-3)19-7-11-4-5-14(22)12(17)6-11/h4-6,9-10,22H,7-8H2,1-3H3,(H2,18,19,20). The summed E-state index contributed by atoms with van der Waals surface area (Å²) in [5.41, 5.74) is 1.81. The summed E-state index contributed by atoms with van der Waals surface area (Å²) in [7, 11) is 1.67. The van der Waals surface area contributed by atoms with Crippen LogP contribution in [0.5, 0.6) is 5.75 Å². The third-order valence-corrected chi connectivity index (χ3v) is 4.13. The average Bonchev–Trinajstić information content (AvgIpc) is 3.00. The molecule has 0 bridgehead atoms. The number of hydrogen-bond acceptors (Lipinski definition) is 4. The summed E-state index contributed by atoms with van der Waals surface area (Å²) in [5, 5.41) is 18.5. The zero-order chi connectivity index (χ0) is 16.8. The van der Waals surface area contributed by atoms with Crippen LogP contribution in [0.25, 0.3) is 0 Å². The molecule has 3 N–H and O–H groups in total. The van der Waals surface area contributed by atoms with E-state index in [1.165, 1.54) is 12.1 Å². The number of nitrogens with zero attached hydrogens (tertiary/aromatic N) is 2. The van der Waals surface area contributed by atoms with Crippen LogP contribution < -0.4 is 10.6 Å². The molecule has 0 spiro atoms. The van der Waals surface area contributed by atoms with Gasteiger partial charge >= 0.3 is 0 Å². The first-order chi connectivity index (χ1) is 11.0. The number of rotatable bonds is 5. The number of aliphatic imine (C=N–C) groups is 1. The predicted octanol–water partition coefficient (Wildman–Crippen LogP) is 2.98. The summed E-state index contributed by atoms with van der Waals surface area (Å²) in [5.74, 6) is 0.0545. The minimum Gasteiger partial charge on any atom is -0.505 e. The highest BCUT2D eigenvalue weighted by atomic mass is 32.1. The van der Waals surface area contributed by atoms with E-state index in [0.717, 1.165) is 16.3 Å². The molecule has 2 aromatic rings. The Morgan fingerprint density at radius 2 is 2.09 bits per heavy atom. The molecule has 0 unspecified atom stereocenters. The zero-order valence-corrected chi connectivity index (χ0v) is 14.2. The van der Waals surface area contributed by atoms with Gasteiger partial charge in [-0.15, -0.1) is 11.3 Å². The average molecular weight is 336 g/mol. The molecule has 2 rings (SSSR count). The van der Waals surface area contributed by atoms with E-state index in [2.05, 4.69) is 39.8 Å². The van der Waals surface area contributed by atoms with Crippen molar-refractivity contribution in [2.24, 2.45) is 4.99 Å². The maximum absolute atomic E-state index is 13.3. The van der Waals surface area contributed by atoms with E-state index in [-0.39, 0.29) is 5.75 Å². The largest absolute Gasteiger partial charge is 0.505 e. The quantitative estimate of drug-likeness (QED) is 0.580. The van der Waals surface area contributed by atoms with Crippen molar-refractivity contribution in [3.05, 3.63) is 45.7 Å². The van der Waals surface area contributed by atoms with Crippen LogP contribution in [0, 0.1) is 5.82 Å². The minimum atomic E-state index is -0.628. The van der Waals surface area contributed by atoms with Gasteiger partial charge in [0.1, 0.15) is 5.01 Å². The number of thiazole rings is 1. The number of aromatic nitrogens is 1. The Kier molecular flexibility index (Phi) is 5.92. The molecule has 0 amide bonds. The molecule has 1 heterocycles. The summed E-state index contributed by atoms with van der Waals surface area (Å²) in [6.07, 6.45) is 0. The Hall–Kier alpha value is -2.15. The first-order valence-corrected chi connectivity index (χ1v) is 8.23. The number of hydrogen-bond donors (Lipinski definition) is 3. The van der Waals surface area contributed by atoms with Crippen LogP contribution in [-0.2, 0) is 13.1 Å². The van der Waals surface area contributed by atoms with E-state index in [4.69, 9.17) is 0 Å². The van der Waals surface area contributed by atoms with Gasteiger partial charge in [-0.25, -0.2) is 9.37 Å². The highest BCUT2D eigenvalue weighted by molar-refractivity contribution is 7.09. The van der Waals surface area contributed by atoms with Gasteiger partial charge in [0.2, 0.25) is 0 Å². The minimum absolute atomic E-state index is 0.346. The number of nitrogens with one attached hydrogen (secondary N) is 2. The molecule has 0 saturated carbocycles. The Labute approximate surface area is 139 Å². The molecule has 0 saturated heterocycles. The molecule has 1 aromatic carbocycles. The molecule has 23 heavy (non-hydrogen) atoms. The Morgan fingerprint density at radius 1 is 1.35 bits per heavy atom. The van der Waals surface area contributed by atoms with Crippen molar-refractivity contribution in [2.45, 2.75) is 32.9 Å². The molecule has 0 atom stereocenters. The van der Waals surface area contributed by atoms with E-state index >= 15 is 0 Å². The van der Waals surface area contributed by atoms with Crippen molar-refractivity contribution in [3.8, 4) is 5.75 Å². The summed E-state index contributed by atoms with van der Waals surface area (Å²) < 4.78 is 13.3. The van der Waals surface area contributed by atoms with Crippen molar-refractivity contribution < 1.29 is 9.50 Å². The predicted molar refractivity (Wildman–Crippen MR) is 91.3 cm³/mol. The van der Waals surface area contributed by atoms with Gasteiger partial charge in [-0.2, -0.15) is 0 Å². The first kappa shape index (κ1) is 17.2. The maximum Gasteiger partial charge on any atom is 0.191 e. The number of phenols is 1. The molecule has 0 aliphatic heterocycles. The summed E-state index contributed by atoms with van der Waals surface area (Å²) in [6.45, 7) is 5.22. The van der Waals surface area contributed by atoms with Crippen molar-refractivity contribution in [1.29, 1.82) is 0 Å². The van der Waals surface area contributed by atoms with Crippen molar-refractivity contribution in [2.75, 3.05) is 7.05 Å². The van der Waals surface area contributed by atoms with Crippen molar-refractivity contribution in [1.82, 2.24) is 15.6 Å². The Morgan fingerprint density at radius 3 is 2.70 bits per heavy atom. The molecule has 0 radical (unpaired) electrons. The van der Waals surface area contributed by atoms with Crippen LogP contribution in [-0.4, -0.2) is 23.1 Å². The fourth-order valence-electron chi connectivity index (χ4n) is 1.90. The van der Waals surface area contributed by atoms with E-state index in [0.29, 0.717) is 25.0 Å².